The van der Waals surface area contributed by atoms with Crippen molar-refractivity contribution in [3.63, 3.8) is 0 Å². The minimum Gasteiger partial charge on any atom is -0.497 e. The summed E-state index contributed by atoms with van der Waals surface area (Å²) in [7, 11) is 3.68. The van der Waals surface area contributed by atoms with Crippen LogP contribution in [0.4, 0.5) is 0 Å². The fourth-order valence-electron chi connectivity index (χ4n) is 3.18. The Morgan fingerprint density at radius 2 is 2.04 bits per heavy atom. The van der Waals surface area contributed by atoms with Crippen LogP contribution in [-0.4, -0.2) is 52.0 Å². The molecule has 1 atom stereocenters. The smallest absolute Gasteiger partial charge is 0.219 e. The van der Waals surface area contributed by atoms with Gasteiger partial charge in [0.15, 0.2) is 0 Å². The number of amides is 1. The van der Waals surface area contributed by atoms with Crippen LogP contribution in [0.3, 0.4) is 0 Å². The Balaban J connectivity index is 1.84. The second-order valence-electron chi connectivity index (χ2n) is 6.22. The molecule has 1 aliphatic heterocycles. The molecule has 0 unspecified atom stereocenters. The molecule has 6 heteroatoms. The van der Waals surface area contributed by atoms with E-state index in [2.05, 4.69) is 22.0 Å². The number of methoxy groups -OCH3 is 1. The number of aryl methyl sites for hydroxylation is 1. The second kappa shape index (κ2) is 7.05. The SMILES string of the molecule is COc1ccc([C@H]2CN(C(C)=O)CCN2Cc2cncn2C)cc1. The third-order valence-corrected chi connectivity index (χ3v) is 4.72. The van der Waals surface area contributed by atoms with Gasteiger partial charge in [-0.15, -0.1) is 0 Å². The number of hydrogen-bond acceptors (Lipinski definition) is 4. The molecule has 3 rings (SSSR count). The van der Waals surface area contributed by atoms with Gasteiger partial charge in [-0.05, 0) is 17.7 Å². The zero-order chi connectivity index (χ0) is 17.1. The Labute approximate surface area is 142 Å². The van der Waals surface area contributed by atoms with Gasteiger partial charge in [0.1, 0.15) is 5.75 Å². The van der Waals surface area contributed by atoms with Crippen LogP contribution in [0.1, 0.15) is 24.2 Å². The lowest BCUT2D eigenvalue weighted by Crippen LogP contribution is -2.49. The number of nitrogens with zero attached hydrogens (tertiary/aromatic N) is 4. The maximum atomic E-state index is 11.8. The molecule has 0 radical (unpaired) electrons. The van der Waals surface area contributed by atoms with Crippen molar-refractivity contribution in [3.05, 3.63) is 48.0 Å². The molecule has 1 amide bonds. The predicted octanol–water partition coefficient (Wildman–Crippen LogP) is 1.83. The number of piperazine rings is 1. The van der Waals surface area contributed by atoms with Crippen molar-refractivity contribution in [1.82, 2.24) is 19.4 Å². The fraction of sp³-hybridized carbons (Fsp3) is 0.444. The van der Waals surface area contributed by atoms with Crippen molar-refractivity contribution in [1.29, 1.82) is 0 Å². The Morgan fingerprint density at radius 1 is 1.29 bits per heavy atom. The molecule has 24 heavy (non-hydrogen) atoms. The number of carbonyl (C=O) groups is 1. The quantitative estimate of drug-likeness (QED) is 0.859. The first-order chi connectivity index (χ1) is 11.6. The van der Waals surface area contributed by atoms with Gasteiger partial charge in [-0.1, -0.05) is 12.1 Å². The number of benzene rings is 1. The standard InChI is InChI=1S/C18H24N4O2/c1-14(23)21-8-9-22(11-16-10-19-13-20(16)2)18(12-21)15-4-6-17(24-3)7-5-15/h4-7,10,13,18H,8-9,11-12H2,1-3H3/t18-/m1/s1. The van der Waals surface area contributed by atoms with Crippen molar-refractivity contribution >= 4 is 5.91 Å². The van der Waals surface area contributed by atoms with Gasteiger partial charge < -0.3 is 14.2 Å². The molecule has 0 saturated carbocycles. The number of hydrogen-bond donors (Lipinski definition) is 0. The molecule has 0 aliphatic carbocycles. The van der Waals surface area contributed by atoms with E-state index in [1.54, 1.807) is 14.0 Å². The summed E-state index contributed by atoms with van der Waals surface area (Å²) in [4.78, 5) is 20.4. The van der Waals surface area contributed by atoms with E-state index in [9.17, 15) is 4.79 Å². The zero-order valence-corrected chi connectivity index (χ0v) is 14.5. The van der Waals surface area contributed by atoms with Gasteiger partial charge >= 0.3 is 0 Å². The van der Waals surface area contributed by atoms with E-state index in [0.29, 0.717) is 6.54 Å². The Kier molecular flexibility index (Phi) is 4.85. The van der Waals surface area contributed by atoms with Crippen LogP contribution in [0.5, 0.6) is 5.75 Å². The van der Waals surface area contributed by atoms with Crippen molar-refractivity contribution < 1.29 is 9.53 Å². The first-order valence-corrected chi connectivity index (χ1v) is 8.17. The predicted molar refractivity (Wildman–Crippen MR) is 91.6 cm³/mol. The highest BCUT2D eigenvalue weighted by atomic mass is 16.5. The third-order valence-electron chi connectivity index (χ3n) is 4.72. The average molecular weight is 328 g/mol. The first kappa shape index (κ1) is 16.5. The molecule has 1 aromatic heterocycles. The van der Waals surface area contributed by atoms with Crippen LogP contribution in [0.2, 0.25) is 0 Å². The van der Waals surface area contributed by atoms with Gasteiger partial charge in [-0.25, -0.2) is 4.98 Å². The second-order valence-corrected chi connectivity index (χ2v) is 6.22. The maximum absolute atomic E-state index is 11.8. The number of aromatic nitrogens is 2. The summed E-state index contributed by atoms with van der Waals surface area (Å²) in [6.07, 6.45) is 3.73. The lowest BCUT2D eigenvalue weighted by molar-refractivity contribution is -0.132. The summed E-state index contributed by atoms with van der Waals surface area (Å²) in [5, 5.41) is 0. The Hall–Kier alpha value is -2.34. The van der Waals surface area contributed by atoms with Crippen molar-refractivity contribution in [2.24, 2.45) is 7.05 Å². The maximum Gasteiger partial charge on any atom is 0.219 e. The van der Waals surface area contributed by atoms with Crippen molar-refractivity contribution in [2.75, 3.05) is 26.7 Å². The Morgan fingerprint density at radius 3 is 2.62 bits per heavy atom. The van der Waals surface area contributed by atoms with Crippen LogP contribution >= 0.6 is 0 Å². The monoisotopic (exact) mass is 328 g/mol. The molecule has 0 spiro atoms. The molecule has 1 saturated heterocycles. The van der Waals surface area contributed by atoms with Gasteiger partial charge in [0.05, 0.1) is 25.2 Å². The van der Waals surface area contributed by atoms with Crippen LogP contribution in [-0.2, 0) is 18.4 Å². The van der Waals surface area contributed by atoms with Crippen LogP contribution in [0.15, 0.2) is 36.8 Å². The minimum atomic E-state index is 0.133. The summed E-state index contributed by atoms with van der Waals surface area (Å²) in [5.41, 5.74) is 2.37. The van der Waals surface area contributed by atoms with Crippen LogP contribution in [0, 0.1) is 0 Å². The molecule has 2 heterocycles. The average Bonchev–Trinajstić information content (AvgIpc) is 3.00. The summed E-state index contributed by atoms with van der Waals surface area (Å²) >= 11 is 0. The largest absolute Gasteiger partial charge is 0.497 e. The summed E-state index contributed by atoms with van der Waals surface area (Å²) in [6, 6.07) is 8.30. The van der Waals surface area contributed by atoms with Crippen LogP contribution in [0.25, 0.3) is 0 Å². The van der Waals surface area contributed by atoms with Crippen molar-refractivity contribution in [3.8, 4) is 5.75 Å². The summed E-state index contributed by atoms with van der Waals surface area (Å²) < 4.78 is 7.30. The van der Waals surface area contributed by atoms with E-state index < -0.39 is 0 Å². The van der Waals surface area contributed by atoms with Gasteiger partial charge in [0.2, 0.25) is 5.91 Å². The molecule has 0 N–H and O–H groups in total. The van der Waals surface area contributed by atoms with E-state index in [0.717, 1.165) is 25.4 Å². The minimum absolute atomic E-state index is 0.133. The Bertz CT molecular complexity index is 695. The fourth-order valence-corrected chi connectivity index (χ4v) is 3.18. The molecule has 128 valence electrons. The third kappa shape index (κ3) is 3.43. The molecule has 1 aliphatic rings. The highest BCUT2D eigenvalue weighted by molar-refractivity contribution is 5.73. The molecule has 1 fully saturated rings. The zero-order valence-electron chi connectivity index (χ0n) is 14.5. The molecular formula is C18H24N4O2. The molecule has 0 bridgehead atoms. The van der Waals surface area contributed by atoms with E-state index in [1.165, 1.54) is 11.3 Å². The molecular weight excluding hydrogens is 304 g/mol. The van der Waals surface area contributed by atoms with Gasteiger partial charge in [-0.3, -0.25) is 9.69 Å². The van der Waals surface area contributed by atoms with Gasteiger partial charge in [-0.2, -0.15) is 0 Å². The molecule has 2 aromatic rings. The van der Waals surface area contributed by atoms with Gasteiger partial charge in [0, 0.05) is 46.3 Å². The highest BCUT2D eigenvalue weighted by Crippen LogP contribution is 2.28. The summed E-state index contributed by atoms with van der Waals surface area (Å²) in [5.74, 6) is 0.977. The van der Waals surface area contributed by atoms with E-state index in [4.69, 9.17) is 4.74 Å². The number of rotatable bonds is 4. The molecule has 1 aromatic carbocycles. The van der Waals surface area contributed by atoms with E-state index >= 15 is 0 Å². The first-order valence-electron chi connectivity index (χ1n) is 8.17. The van der Waals surface area contributed by atoms with Gasteiger partial charge in [0.25, 0.3) is 0 Å². The summed E-state index contributed by atoms with van der Waals surface area (Å²) in [6.45, 7) is 4.78. The lowest BCUT2D eigenvalue weighted by Gasteiger charge is -2.41. The van der Waals surface area contributed by atoms with Crippen molar-refractivity contribution in [2.45, 2.75) is 19.5 Å². The topological polar surface area (TPSA) is 50.6 Å². The van der Waals surface area contributed by atoms with E-state index in [-0.39, 0.29) is 11.9 Å². The van der Waals surface area contributed by atoms with E-state index in [1.807, 2.05) is 41.2 Å². The molecule has 6 nitrogen and oxygen atoms in total. The number of carbonyl (C=O) groups excluding carboxylic acids is 1. The normalized spacial score (nSPS) is 18.6. The lowest BCUT2D eigenvalue weighted by atomic mass is 10.0. The number of imidazole rings is 1. The number of ether oxygens (including phenoxy) is 1. The highest BCUT2D eigenvalue weighted by Gasteiger charge is 2.29. The van der Waals surface area contributed by atoms with Crippen LogP contribution < -0.4 is 4.74 Å².